The molecule has 0 saturated heterocycles. The first-order valence-corrected chi connectivity index (χ1v) is 7.64. The van der Waals surface area contributed by atoms with Gasteiger partial charge in [-0.1, -0.05) is 48.0 Å². The Balaban J connectivity index is 1.60. The van der Waals surface area contributed by atoms with E-state index in [4.69, 9.17) is 11.6 Å². The van der Waals surface area contributed by atoms with Gasteiger partial charge in [0, 0.05) is 16.4 Å². The fourth-order valence-electron chi connectivity index (χ4n) is 2.08. The number of hydrazone groups is 1. The average Bonchev–Trinajstić information content (AvgIpc) is 2.58. The van der Waals surface area contributed by atoms with Crippen LogP contribution in [0.25, 0.3) is 0 Å². The smallest absolute Gasteiger partial charge is 0.0576 e. The lowest BCUT2D eigenvalue weighted by atomic mass is 10.2. The van der Waals surface area contributed by atoms with E-state index in [2.05, 4.69) is 15.8 Å². The molecule has 0 atom stereocenters. The Hall–Kier alpha value is -2.78. The van der Waals surface area contributed by atoms with E-state index in [-0.39, 0.29) is 0 Å². The number of hydrogen-bond acceptors (Lipinski definition) is 3. The molecule has 0 aliphatic carbocycles. The highest BCUT2D eigenvalue weighted by Gasteiger charge is 1.94. The third-order valence-electron chi connectivity index (χ3n) is 3.21. The molecular weight excluding hydrogens is 306 g/mol. The van der Waals surface area contributed by atoms with E-state index >= 15 is 0 Å². The number of benzene rings is 3. The van der Waals surface area contributed by atoms with E-state index in [9.17, 15) is 0 Å². The van der Waals surface area contributed by atoms with Gasteiger partial charge < -0.3 is 5.32 Å². The second-order valence-electron chi connectivity index (χ2n) is 4.99. The van der Waals surface area contributed by atoms with Crippen LogP contribution >= 0.6 is 11.6 Å². The van der Waals surface area contributed by atoms with Crippen molar-refractivity contribution in [3.63, 3.8) is 0 Å². The van der Waals surface area contributed by atoms with Crippen molar-refractivity contribution in [2.24, 2.45) is 5.10 Å². The topological polar surface area (TPSA) is 36.4 Å². The first-order chi connectivity index (χ1) is 11.3. The molecule has 3 rings (SSSR count). The molecule has 23 heavy (non-hydrogen) atoms. The standard InChI is InChI=1S/C19H16ClN3/c20-16-5-4-8-19(13-16)23-21-14-15-9-11-18(12-10-15)22-17-6-2-1-3-7-17/h1-14,22-23H/b21-14-. The predicted molar refractivity (Wildman–Crippen MR) is 98.8 cm³/mol. The van der Waals surface area contributed by atoms with Crippen molar-refractivity contribution >= 4 is 34.9 Å². The van der Waals surface area contributed by atoms with E-state index < -0.39 is 0 Å². The van der Waals surface area contributed by atoms with Crippen LogP contribution in [0.15, 0.2) is 84.0 Å². The summed E-state index contributed by atoms with van der Waals surface area (Å²) in [6, 6.07) is 25.6. The van der Waals surface area contributed by atoms with Crippen molar-refractivity contribution in [1.82, 2.24) is 0 Å². The summed E-state index contributed by atoms with van der Waals surface area (Å²) in [7, 11) is 0. The fraction of sp³-hybridized carbons (Fsp3) is 0. The van der Waals surface area contributed by atoms with Crippen molar-refractivity contribution < 1.29 is 0 Å². The maximum Gasteiger partial charge on any atom is 0.0576 e. The Labute approximate surface area is 140 Å². The van der Waals surface area contributed by atoms with Gasteiger partial charge in [-0.3, -0.25) is 5.43 Å². The highest BCUT2D eigenvalue weighted by Crippen LogP contribution is 2.17. The zero-order valence-corrected chi connectivity index (χ0v) is 13.2. The molecule has 2 N–H and O–H groups in total. The molecule has 0 aromatic heterocycles. The SMILES string of the molecule is Clc1cccc(N/N=C\c2ccc(Nc3ccccc3)cc2)c1. The van der Waals surface area contributed by atoms with Crippen molar-refractivity contribution in [2.75, 3.05) is 10.7 Å². The summed E-state index contributed by atoms with van der Waals surface area (Å²) in [5, 5.41) is 8.24. The number of halogens is 1. The number of hydrogen-bond donors (Lipinski definition) is 2. The molecule has 3 nitrogen and oxygen atoms in total. The Bertz CT molecular complexity index is 783. The Morgan fingerprint density at radius 3 is 2.17 bits per heavy atom. The third kappa shape index (κ3) is 4.59. The number of rotatable bonds is 5. The fourth-order valence-corrected chi connectivity index (χ4v) is 2.27. The second-order valence-corrected chi connectivity index (χ2v) is 5.43. The molecule has 4 heteroatoms. The molecule has 0 radical (unpaired) electrons. The normalized spacial score (nSPS) is 10.7. The van der Waals surface area contributed by atoms with Crippen LogP contribution in [-0.4, -0.2) is 6.21 Å². The molecule has 3 aromatic rings. The lowest BCUT2D eigenvalue weighted by Gasteiger charge is -2.06. The van der Waals surface area contributed by atoms with Gasteiger partial charge in [0.1, 0.15) is 0 Å². The van der Waals surface area contributed by atoms with Crippen LogP contribution in [0.5, 0.6) is 0 Å². The third-order valence-corrected chi connectivity index (χ3v) is 3.44. The van der Waals surface area contributed by atoms with Crippen molar-refractivity contribution in [1.29, 1.82) is 0 Å². The summed E-state index contributed by atoms with van der Waals surface area (Å²) in [5.74, 6) is 0. The molecule has 0 aliphatic rings. The first kappa shape index (κ1) is 15.1. The highest BCUT2D eigenvalue weighted by atomic mass is 35.5. The zero-order valence-electron chi connectivity index (χ0n) is 12.4. The maximum absolute atomic E-state index is 5.93. The molecule has 0 unspecified atom stereocenters. The summed E-state index contributed by atoms with van der Waals surface area (Å²) in [5.41, 5.74) is 6.93. The Morgan fingerprint density at radius 1 is 0.739 bits per heavy atom. The minimum Gasteiger partial charge on any atom is -0.356 e. The van der Waals surface area contributed by atoms with Gasteiger partial charge in [-0.15, -0.1) is 0 Å². The van der Waals surface area contributed by atoms with E-state index in [1.54, 1.807) is 6.21 Å². The van der Waals surface area contributed by atoms with Crippen LogP contribution in [0, 0.1) is 0 Å². The minimum absolute atomic E-state index is 0.682. The minimum atomic E-state index is 0.682. The maximum atomic E-state index is 5.93. The molecule has 0 heterocycles. The van der Waals surface area contributed by atoms with E-state index in [1.807, 2.05) is 78.9 Å². The number of anilines is 3. The summed E-state index contributed by atoms with van der Waals surface area (Å²) < 4.78 is 0. The van der Waals surface area contributed by atoms with E-state index in [1.165, 1.54) is 0 Å². The van der Waals surface area contributed by atoms with Crippen molar-refractivity contribution in [2.45, 2.75) is 0 Å². The molecule has 114 valence electrons. The summed E-state index contributed by atoms with van der Waals surface area (Å²) in [6.45, 7) is 0. The van der Waals surface area contributed by atoms with Crippen LogP contribution < -0.4 is 10.7 Å². The molecule has 0 bridgehead atoms. The number of nitrogens with zero attached hydrogens (tertiary/aromatic N) is 1. The second kappa shape index (κ2) is 7.47. The van der Waals surface area contributed by atoms with Gasteiger partial charge in [0.2, 0.25) is 0 Å². The lowest BCUT2D eigenvalue weighted by molar-refractivity contribution is 1.35. The van der Waals surface area contributed by atoms with Crippen LogP contribution in [0.2, 0.25) is 5.02 Å². The van der Waals surface area contributed by atoms with Crippen molar-refractivity contribution in [3.05, 3.63) is 89.4 Å². The Kier molecular flexibility index (Phi) is 4.92. The van der Waals surface area contributed by atoms with Gasteiger partial charge in [-0.2, -0.15) is 5.10 Å². The highest BCUT2D eigenvalue weighted by molar-refractivity contribution is 6.30. The largest absolute Gasteiger partial charge is 0.356 e. The molecular formula is C19H16ClN3. The summed E-state index contributed by atoms with van der Waals surface area (Å²) in [4.78, 5) is 0. The van der Waals surface area contributed by atoms with Gasteiger partial charge in [0.15, 0.2) is 0 Å². The van der Waals surface area contributed by atoms with E-state index in [0.29, 0.717) is 5.02 Å². The predicted octanol–water partition coefficient (Wildman–Crippen LogP) is 5.53. The van der Waals surface area contributed by atoms with Crippen LogP contribution in [0.3, 0.4) is 0 Å². The quantitative estimate of drug-likeness (QED) is 0.479. The molecule has 0 saturated carbocycles. The van der Waals surface area contributed by atoms with Gasteiger partial charge in [0.05, 0.1) is 11.9 Å². The van der Waals surface area contributed by atoms with Crippen molar-refractivity contribution in [3.8, 4) is 0 Å². The van der Waals surface area contributed by atoms with E-state index in [0.717, 1.165) is 22.6 Å². The summed E-state index contributed by atoms with van der Waals surface area (Å²) >= 11 is 5.93. The zero-order chi connectivity index (χ0) is 15.9. The first-order valence-electron chi connectivity index (χ1n) is 7.26. The van der Waals surface area contributed by atoms with Crippen LogP contribution in [0.4, 0.5) is 17.1 Å². The average molecular weight is 322 g/mol. The van der Waals surface area contributed by atoms with Gasteiger partial charge in [-0.05, 0) is 48.0 Å². The summed E-state index contributed by atoms with van der Waals surface area (Å²) in [6.07, 6.45) is 1.77. The Morgan fingerprint density at radius 2 is 1.43 bits per heavy atom. The van der Waals surface area contributed by atoms with Gasteiger partial charge >= 0.3 is 0 Å². The number of para-hydroxylation sites is 1. The molecule has 0 amide bonds. The van der Waals surface area contributed by atoms with Gasteiger partial charge in [0.25, 0.3) is 0 Å². The molecule has 0 fully saturated rings. The lowest BCUT2D eigenvalue weighted by Crippen LogP contribution is -1.92. The molecule has 0 aliphatic heterocycles. The molecule has 0 spiro atoms. The van der Waals surface area contributed by atoms with Gasteiger partial charge in [-0.25, -0.2) is 0 Å². The number of nitrogens with one attached hydrogen (secondary N) is 2. The monoisotopic (exact) mass is 321 g/mol. The van der Waals surface area contributed by atoms with Crippen LogP contribution in [0.1, 0.15) is 5.56 Å². The van der Waals surface area contributed by atoms with Crippen LogP contribution in [-0.2, 0) is 0 Å². The molecule has 3 aromatic carbocycles.